The molecule has 5 heteroatoms. The molecule has 2 N–H and O–H groups in total. The van der Waals surface area contributed by atoms with Crippen LogP contribution in [0.2, 0.25) is 0 Å². The molecular weight excluding hydrogens is 204 g/mol. The van der Waals surface area contributed by atoms with Gasteiger partial charge in [0.15, 0.2) is 9.84 Å². The molecule has 0 rings (SSSR count). The fourth-order valence-corrected chi connectivity index (χ4v) is 2.61. The number of aliphatic hydroxyl groups is 2. The van der Waals surface area contributed by atoms with Crippen LogP contribution >= 0.6 is 0 Å². The SMILES string of the molecule is CC(C)CCCS(=O)(=O)CC(O)CO. The highest BCUT2D eigenvalue weighted by molar-refractivity contribution is 7.91. The van der Waals surface area contributed by atoms with Gasteiger partial charge in [-0.1, -0.05) is 20.3 Å². The summed E-state index contributed by atoms with van der Waals surface area (Å²) in [6, 6.07) is 0. The molecular formula is C9H20O4S. The van der Waals surface area contributed by atoms with Crippen molar-refractivity contribution in [2.24, 2.45) is 5.92 Å². The third-order valence-corrected chi connectivity index (χ3v) is 3.70. The lowest BCUT2D eigenvalue weighted by Gasteiger charge is -2.09. The van der Waals surface area contributed by atoms with Crippen molar-refractivity contribution in [2.45, 2.75) is 32.8 Å². The summed E-state index contributed by atoms with van der Waals surface area (Å²) in [6.07, 6.45) is 0.353. The van der Waals surface area contributed by atoms with E-state index in [1.807, 2.05) is 13.8 Å². The monoisotopic (exact) mass is 224 g/mol. The first-order valence-corrected chi connectivity index (χ1v) is 6.69. The molecule has 0 heterocycles. The van der Waals surface area contributed by atoms with Gasteiger partial charge in [-0.25, -0.2) is 8.42 Å². The lowest BCUT2D eigenvalue weighted by atomic mass is 10.1. The molecule has 0 aromatic heterocycles. The average molecular weight is 224 g/mol. The molecule has 0 bridgehead atoms. The van der Waals surface area contributed by atoms with Gasteiger partial charge in [0.1, 0.15) is 0 Å². The Morgan fingerprint density at radius 2 is 1.86 bits per heavy atom. The molecule has 0 aliphatic rings. The summed E-state index contributed by atoms with van der Waals surface area (Å²) in [5, 5.41) is 17.5. The topological polar surface area (TPSA) is 74.6 Å². The molecule has 0 radical (unpaired) electrons. The van der Waals surface area contributed by atoms with Gasteiger partial charge in [0.2, 0.25) is 0 Å². The van der Waals surface area contributed by atoms with E-state index in [0.717, 1.165) is 6.42 Å². The fraction of sp³-hybridized carbons (Fsp3) is 1.00. The van der Waals surface area contributed by atoms with Gasteiger partial charge < -0.3 is 10.2 Å². The van der Waals surface area contributed by atoms with Crippen LogP contribution in [-0.4, -0.2) is 42.8 Å². The molecule has 0 spiro atoms. The van der Waals surface area contributed by atoms with Crippen molar-refractivity contribution < 1.29 is 18.6 Å². The van der Waals surface area contributed by atoms with Crippen LogP contribution < -0.4 is 0 Å². The lowest BCUT2D eigenvalue weighted by Crippen LogP contribution is -2.26. The Morgan fingerprint density at radius 1 is 1.29 bits per heavy atom. The maximum atomic E-state index is 11.3. The Morgan fingerprint density at radius 3 is 2.29 bits per heavy atom. The second-order valence-electron chi connectivity index (χ2n) is 3.99. The van der Waals surface area contributed by atoms with Crippen molar-refractivity contribution in [1.29, 1.82) is 0 Å². The van der Waals surface area contributed by atoms with Gasteiger partial charge in [0.25, 0.3) is 0 Å². The fourth-order valence-electron chi connectivity index (χ4n) is 1.14. The third kappa shape index (κ3) is 7.29. The summed E-state index contributed by atoms with van der Waals surface area (Å²) in [7, 11) is -3.20. The smallest absolute Gasteiger partial charge is 0.152 e. The number of hydrogen-bond acceptors (Lipinski definition) is 4. The highest BCUT2D eigenvalue weighted by atomic mass is 32.2. The van der Waals surface area contributed by atoms with E-state index in [9.17, 15) is 8.42 Å². The van der Waals surface area contributed by atoms with E-state index in [2.05, 4.69) is 0 Å². The van der Waals surface area contributed by atoms with Crippen molar-refractivity contribution in [3.8, 4) is 0 Å². The standard InChI is InChI=1S/C9H20O4S/c1-8(2)4-3-5-14(12,13)7-9(11)6-10/h8-11H,3-7H2,1-2H3. The van der Waals surface area contributed by atoms with E-state index in [0.29, 0.717) is 12.3 Å². The van der Waals surface area contributed by atoms with Gasteiger partial charge in [-0.3, -0.25) is 0 Å². The third-order valence-electron chi connectivity index (χ3n) is 1.89. The maximum absolute atomic E-state index is 11.3. The van der Waals surface area contributed by atoms with Crippen molar-refractivity contribution in [3.63, 3.8) is 0 Å². The van der Waals surface area contributed by atoms with Crippen LogP contribution in [0.1, 0.15) is 26.7 Å². The molecule has 0 aliphatic heterocycles. The van der Waals surface area contributed by atoms with Crippen LogP contribution in [0.25, 0.3) is 0 Å². The first-order valence-electron chi connectivity index (χ1n) is 4.86. The molecule has 1 unspecified atom stereocenters. The average Bonchev–Trinajstić information content (AvgIpc) is 2.02. The second kappa shape index (κ2) is 6.37. The Hall–Kier alpha value is -0.130. The number of sulfone groups is 1. The summed E-state index contributed by atoms with van der Waals surface area (Å²) in [6.45, 7) is 3.58. The normalized spacial score (nSPS) is 14.6. The highest BCUT2D eigenvalue weighted by Gasteiger charge is 2.16. The van der Waals surface area contributed by atoms with Crippen molar-refractivity contribution >= 4 is 9.84 Å². The van der Waals surface area contributed by atoms with Crippen LogP contribution in [0, 0.1) is 5.92 Å². The van der Waals surface area contributed by atoms with E-state index in [1.165, 1.54) is 0 Å². The lowest BCUT2D eigenvalue weighted by molar-refractivity contribution is 0.112. The van der Waals surface area contributed by atoms with E-state index in [1.54, 1.807) is 0 Å². The highest BCUT2D eigenvalue weighted by Crippen LogP contribution is 2.06. The molecule has 0 amide bonds. The Balaban J connectivity index is 3.84. The zero-order valence-electron chi connectivity index (χ0n) is 8.81. The Kier molecular flexibility index (Phi) is 6.31. The summed E-state index contributed by atoms with van der Waals surface area (Å²) >= 11 is 0. The van der Waals surface area contributed by atoms with E-state index >= 15 is 0 Å². The number of rotatable bonds is 7. The Labute approximate surface area is 85.9 Å². The van der Waals surface area contributed by atoms with Crippen LogP contribution in [0.5, 0.6) is 0 Å². The first-order chi connectivity index (χ1) is 6.37. The summed E-state index contributed by atoms with van der Waals surface area (Å²) in [4.78, 5) is 0. The minimum absolute atomic E-state index is 0.0994. The largest absolute Gasteiger partial charge is 0.394 e. The number of aliphatic hydroxyl groups excluding tert-OH is 2. The van der Waals surface area contributed by atoms with Crippen LogP contribution in [-0.2, 0) is 9.84 Å². The minimum Gasteiger partial charge on any atom is -0.394 e. The molecule has 14 heavy (non-hydrogen) atoms. The van der Waals surface area contributed by atoms with E-state index < -0.39 is 22.5 Å². The maximum Gasteiger partial charge on any atom is 0.152 e. The predicted molar refractivity (Wildman–Crippen MR) is 55.8 cm³/mol. The molecule has 0 fully saturated rings. The summed E-state index contributed by atoms with van der Waals surface area (Å²) in [5.41, 5.74) is 0. The van der Waals surface area contributed by atoms with Gasteiger partial charge in [-0.05, 0) is 12.3 Å². The molecule has 4 nitrogen and oxygen atoms in total. The van der Waals surface area contributed by atoms with Crippen LogP contribution in [0.15, 0.2) is 0 Å². The molecule has 0 aromatic rings. The van der Waals surface area contributed by atoms with Crippen LogP contribution in [0.3, 0.4) is 0 Å². The zero-order valence-corrected chi connectivity index (χ0v) is 9.63. The zero-order chi connectivity index (χ0) is 11.2. The molecule has 86 valence electrons. The molecule has 0 aliphatic carbocycles. The van der Waals surface area contributed by atoms with Crippen molar-refractivity contribution in [1.82, 2.24) is 0 Å². The minimum atomic E-state index is -3.20. The number of hydrogen-bond donors (Lipinski definition) is 2. The van der Waals surface area contributed by atoms with Crippen molar-refractivity contribution in [3.05, 3.63) is 0 Å². The first kappa shape index (κ1) is 13.9. The molecule has 0 saturated heterocycles. The predicted octanol–water partition coefficient (Wildman–Crippen LogP) is 0.191. The molecule has 0 aromatic carbocycles. The summed E-state index contributed by atoms with van der Waals surface area (Å²) < 4.78 is 22.6. The van der Waals surface area contributed by atoms with Gasteiger partial charge in [-0.2, -0.15) is 0 Å². The van der Waals surface area contributed by atoms with Gasteiger partial charge in [0.05, 0.1) is 24.2 Å². The molecule has 1 atom stereocenters. The van der Waals surface area contributed by atoms with E-state index in [-0.39, 0.29) is 11.5 Å². The quantitative estimate of drug-likeness (QED) is 0.647. The van der Waals surface area contributed by atoms with Gasteiger partial charge >= 0.3 is 0 Å². The Bertz CT molecular complexity index is 233. The van der Waals surface area contributed by atoms with E-state index in [4.69, 9.17) is 10.2 Å². The second-order valence-corrected chi connectivity index (χ2v) is 6.22. The summed E-state index contributed by atoms with van der Waals surface area (Å²) in [5.74, 6) is 0.261. The van der Waals surface area contributed by atoms with Gasteiger partial charge in [0, 0.05) is 0 Å². The van der Waals surface area contributed by atoms with Crippen molar-refractivity contribution in [2.75, 3.05) is 18.1 Å². The van der Waals surface area contributed by atoms with Gasteiger partial charge in [-0.15, -0.1) is 0 Å². The molecule has 0 saturated carbocycles. The van der Waals surface area contributed by atoms with Crippen LogP contribution in [0.4, 0.5) is 0 Å².